The van der Waals surface area contributed by atoms with Crippen molar-refractivity contribution in [3.05, 3.63) is 42.5 Å². The Balaban J connectivity index is 1.36. The number of hydrogen-bond acceptors (Lipinski definition) is 5. The van der Waals surface area contributed by atoms with Gasteiger partial charge in [-0.2, -0.15) is 0 Å². The number of hydrogen-bond donors (Lipinski definition) is 0. The molecule has 1 saturated carbocycles. The van der Waals surface area contributed by atoms with E-state index in [0.717, 1.165) is 43.0 Å². The van der Waals surface area contributed by atoms with Crippen LogP contribution < -0.4 is 0 Å². The fraction of sp³-hybridized carbons (Fsp3) is 0.476. The van der Waals surface area contributed by atoms with Gasteiger partial charge >= 0.3 is 0 Å². The first-order valence-electron chi connectivity index (χ1n) is 10.2. The van der Waals surface area contributed by atoms with Crippen LogP contribution in [-0.4, -0.2) is 73.8 Å². The lowest BCUT2D eigenvalue weighted by Gasteiger charge is -2.44. The molecule has 2 aromatic rings. The summed E-state index contributed by atoms with van der Waals surface area (Å²) in [5, 5.41) is 1.99. The molecule has 3 aliphatic rings. The van der Waals surface area contributed by atoms with Crippen molar-refractivity contribution < 1.29 is 8.42 Å². The number of sulfonamides is 1. The third-order valence-electron chi connectivity index (χ3n) is 6.28. The Morgan fingerprint density at radius 2 is 1.64 bits per heavy atom. The smallest absolute Gasteiger partial charge is 0.266 e. The minimum absolute atomic E-state index is 0.342. The molecule has 0 spiro atoms. The Bertz CT molecular complexity index is 1010. The predicted molar refractivity (Wildman–Crippen MR) is 111 cm³/mol. The standard InChI is InChI=1S/C21H26N4O2S/c26-28(27,20-9-8-17-4-1-2-5-18(17)16-20)25-11-10-22-21(25)24-14-12-23(13-15-24)19-6-3-7-19/h1-2,4-5,8-9,16,19H,3,6-7,10-15H2. The summed E-state index contributed by atoms with van der Waals surface area (Å²) in [5.74, 6) is 0.626. The van der Waals surface area contributed by atoms with Gasteiger partial charge < -0.3 is 4.90 Å². The molecule has 1 saturated heterocycles. The van der Waals surface area contributed by atoms with Crippen LogP contribution in [0.5, 0.6) is 0 Å². The molecule has 0 bridgehead atoms. The highest BCUT2D eigenvalue weighted by molar-refractivity contribution is 7.89. The lowest BCUT2D eigenvalue weighted by Crippen LogP contribution is -2.56. The van der Waals surface area contributed by atoms with Crippen molar-refractivity contribution in [2.24, 2.45) is 4.99 Å². The van der Waals surface area contributed by atoms with Gasteiger partial charge in [-0.15, -0.1) is 0 Å². The summed E-state index contributed by atoms with van der Waals surface area (Å²) in [5.41, 5.74) is 0. The van der Waals surface area contributed by atoms with E-state index in [2.05, 4.69) is 14.8 Å². The average molecular weight is 399 g/mol. The topological polar surface area (TPSA) is 56.2 Å². The number of benzene rings is 2. The average Bonchev–Trinajstić information content (AvgIpc) is 3.18. The molecule has 148 valence electrons. The molecule has 0 amide bonds. The van der Waals surface area contributed by atoms with Crippen LogP contribution in [0.1, 0.15) is 19.3 Å². The summed E-state index contributed by atoms with van der Waals surface area (Å²) in [4.78, 5) is 9.62. The summed E-state index contributed by atoms with van der Waals surface area (Å²) in [6, 6.07) is 14.0. The van der Waals surface area contributed by atoms with Gasteiger partial charge in [-0.1, -0.05) is 36.8 Å². The van der Waals surface area contributed by atoms with Gasteiger partial charge in [0.2, 0.25) is 5.96 Å². The molecule has 1 aliphatic carbocycles. The summed E-state index contributed by atoms with van der Waals surface area (Å²) in [7, 11) is -3.60. The van der Waals surface area contributed by atoms with Gasteiger partial charge in [0.05, 0.1) is 18.0 Å². The lowest BCUT2D eigenvalue weighted by molar-refractivity contribution is 0.0833. The first-order chi connectivity index (χ1) is 13.6. The molecule has 2 fully saturated rings. The summed E-state index contributed by atoms with van der Waals surface area (Å²) in [6.07, 6.45) is 3.96. The fourth-order valence-electron chi connectivity index (χ4n) is 4.40. The molecule has 0 aromatic heterocycles. The van der Waals surface area contributed by atoms with Crippen LogP contribution in [0.3, 0.4) is 0 Å². The molecule has 0 unspecified atom stereocenters. The van der Waals surface area contributed by atoms with E-state index < -0.39 is 10.0 Å². The molecule has 5 rings (SSSR count). The van der Waals surface area contributed by atoms with Crippen molar-refractivity contribution in [2.45, 2.75) is 30.2 Å². The number of nitrogens with zero attached hydrogens (tertiary/aromatic N) is 4. The second kappa shape index (κ2) is 7.04. The minimum Gasteiger partial charge on any atom is -0.339 e. The van der Waals surface area contributed by atoms with E-state index in [4.69, 9.17) is 0 Å². The van der Waals surface area contributed by atoms with Gasteiger partial charge in [0.1, 0.15) is 0 Å². The zero-order valence-electron chi connectivity index (χ0n) is 16.0. The molecule has 6 nitrogen and oxygen atoms in total. The minimum atomic E-state index is -3.60. The summed E-state index contributed by atoms with van der Waals surface area (Å²) >= 11 is 0. The van der Waals surface area contributed by atoms with E-state index in [-0.39, 0.29) is 0 Å². The Kier molecular flexibility index (Phi) is 4.51. The normalized spacial score (nSPS) is 21.8. The molecule has 0 N–H and O–H groups in total. The number of aliphatic imine (C=N–C) groups is 1. The van der Waals surface area contributed by atoms with Gasteiger partial charge in [0.15, 0.2) is 0 Å². The first kappa shape index (κ1) is 17.9. The first-order valence-corrected chi connectivity index (χ1v) is 11.6. The second-order valence-electron chi connectivity index (χ2n) is 7.88. The molecule has 2 heterocycles. The van der Waals surface area contributed by atoms with Crippen LogP contribution in [0.4, 0.5) is 0 Å². The maximum absolute atomic E-state index is 13.4. The van der Waals surface area contributed by atoms with Crippen LogP contribution in [0, 0.1) is 0 Å². The van der Waals surface area contributed by atoms with Crippen LogP contribution in [0.25, 0.3) is 10.8 Å². The van der Waals surface area contributed by atoms with Gasteiger partial charge in [0, 0.05) is 32.2 Å². The van der Waals surface area contributed by atoms with Crippen molar-refractivity contribution >= 4 is 26.8 Å². The highest BCUT2D eigenvalue weighted by Crippen LogP contribution is 2.27. The highest BCUT2D eigenvalue weighted by atomic mass is 32.2. The van der Waals surface area contributed by atoms with Crippen LogP contribution in [0.2, 0.25) is 0 Å². The molecule has 7 heteroatoms. The molecule has 2 aromatic carbocycles. The van der Waals surface area contributed by atoms with Gasteiger partial charge in [-0.3, -0.25) is 9.89 Å². The number of guanidine groups is 1. The van der Waals surface area contributed by atoms with E-state index in [1.165, 1.54) is 23.6 Å². The van der Waals surface area contributed by atoms with Crippen molar-refractivity contribution in [1.82, 2.24) is 14.1 Å². The predicted octanol–water partition coefficient (Wildman–Crippen LogP) is 2.37. The van der Waals surface area contributed by atoms with Crippen LogP contribution in [-0.2, 0) is 10.0 Å². The van der Waals surface area contributed by atoms with Crippen molar-refractivity contribution in [1.29, 1.82) is 0 Å². The molecule has 28 heavy (non-hydrogen) atoms. The maximum atomic E-state index is 13.4. The van der Waals surface area contributed by atoms with E-state index in [9.17, 15) is 8.42 Å². The molecule has 2 aliphatic heterocycles. The van der Waals surface area contributed by atoms with E-state index in [0.29, 0.717) is 23.9 Å². The number of fused-ring (bicyclic) bond motifs is 1. The zero-order valence-corrected chi connectivity index (χ0v) is 16.8. The van der Waals surface area contributed by atoms with E-state index >= 15 is 0 Å². The Morgan fingerprint density at radius 3 is 2.36 bits per heavy atom. The van der Waals surface area contributed by atoms with E-state index in [1.54, 1.807) is 12.1 Å². The van der Waals surface area contributed by atoms with Crippen molar-refractivity contribution in [3.8, 4) is 0 Å². The zero-order chi connectivity index (χ0) is 19.1. The third-order valence-corrected chi connectivity index (χ3v) is 8.05. The quantitative estimate of drug-likeness (QED) is 0.797. The highest BCUT2D eigenvalue weighted by Gasteiger charge is 2.36. The number of rotatable bonds is 3. The van der Waals surface area contributed by atoms with Gasteiger partial charge in [-0.25, -0.2) is 12.7 Å². The Morgan fingerprint density at radius 1 is 0.893 bits per heavy atom. The second-order valence-corrected chi connectivity index (χ2v) is 9.74. The van der Waals surface area contributed by atoms with Gasteiger partial charge in [-0.05, 0) is 35.7 Å². The number of piperazine rings is 1. The monoisotopic (exact) mass is 398 g/mol. The van der Waals surface area contributed by atoms with Crippen LogP contribution in [0.15, 0.2) is 52.4 Å². The summed E-state index contributed by atoms with van der Waals surface area (Å²) in [6.45, 7) is 4.64. The van der Waals surface area contributed by atoms with Crippen molar-refractivity contribution in [3.63, 3.8) is 0 Å². The fourth-order valence-corrected chi connectivity index (χ4v) is 5.88. The lowest BCUT2D eigenvalue weighted by atomic mass is 9.91. The maximum Gasteiger partial charge on any atom is 0.266 e. The third kappa shape index (κ3) is 3.06. The molecule has 0 atom stereocenters. The summed E-state index contributed by atoms with van der Waals surface area (Å²) < 4.78 is 28.2. The SMILES string of the molecule is O=S(=O)(c1ccc2ccccc2c1)N1CCN=C1N1CCN(C2CCC2)CC1. The van der Waals surface area contributed by atoms with Gasteiger partial charge in [0.25, 0.3) is 10.0 Å². The van der Waals surface area contributed by atoms with Crippen LogP contribution >= 0.6 is 0 Å². The largest absolute Gasteiger partial charge is 0.339 e. The van der Waals surface area contributed by atoms with E-state index in [1.807, 2.05) is 30.3 Å². The van der Waals surface area contributed by atoms with Crippen molar-refractivity contribution in [2.75, 3.05) is 39.3 Å². The molecular weight excluding hydrogens is 372 g/mol. The Labute approximate surface area is 166 Å². The Hall–Kier alpha value is -2.12. The molecule has 0 radical (unpaired) electrons. The molecular formula is C21H26N4O2S.